The van der Waals surface area contributed by atoms with E-state index in [4.69, 9.17) is 0 Å². The molecule has 64 heavy (non-hydrogen) atoms. The van der Waals surface area contributed by atoms with Gasteiger partial charge in [-0.15, -0.1) is 13.2 Å². The lowest BCUT2D eigenvalue weighted by atomic mass is 9.90. The number of rotatable bonds is 7. The molecule has 10 rings (SSSR count). The van der Waals surface area contributed by atoms with Crippen molar-refractivity contribution in [1.82, 2.24) is 4.57 Å². The summed E-state index contributed by atoms with van der Waals surface area (Å²) in [5.41, 5.74) is 16.6. The summed E-state index contributed by atoms with van der Waals surface area (Å²) in [5.74, 6) is -0.687. The fourth-order valence-electron chi connectivity index (χ4n) is 9.03. The van der Waals surface area contributed by atoms with E-state index in [1.54, 1.807) is 12.1 Å². The van der Waals surface area contributed by atoms with Gasteiger partial charge in [0.1, 0.15) is 0 Å². The van der Waals surface area contributed by atoms with E-state index in [0.717, 1.165) is 66.3 Å². The number of fused-ring (bicyclic) bond motifs is 4. The highest BCUT2D eigenvalue weighted by atomic mass is 16.2. The number of amides is 2. The number of anilines is 1. The largest absolute Gasteiger partial charge is 0.308 e. The highest BCUT2D eigenvalue weighted by molar-refractivity contribution is 6.37. The van der Waals surface area contributed by atoms with Crippen LogP contribution >= 0.6 is 0 Å². The second-order valence-electron chi connectivity index (χ2n) is 16.1. The lowest BCUT2D eigenvalue weighted by molar-refractivity contribution is 0.0926. The Balaban J connectivity index is 0.000000750. The van der Waals surface area contributed by atoms with Crippen LogP contribution in [-0.2, 0) is 0 Å². The Bertz CT molecular complexity index is 3160. The number of para-hydroxylation sites is 1. The standard InChI is InChI=1S/C53H38N2O2.C5H8.C2H4/c1-33-28-34(2)49(35(3)29-33)39-26-27-47-45(30-39)41-22-13-14-24-46(41)54(47)48-25-15-23-42-50(48)53(57)55(52(42)56)51-43(37-18-9-5-10-19-37)31-40(36-16-7-4-8-17-36)32-44(51)38-20-11-6-12-21-38;1-4-5(2)3;1-2/h4-32H,1-3H3;4H,1-2H2,3H3;1-2H2. The van der Waals surface area contributed by atoms with Gasteiger partial charge in [-0.3, -0.25) is 9.59 Å². The van der Waals surface area contributed by atoms with Crippen LogP contribution in [0.15, 0.2) is 214 Å². The zero-order valence-electron chi connectivity index (χ0n) is 36.9. The van der Waals surface area contributed by atoms with Crippen LogP contribution < -0.4 is 4.90 Å². The van der Waals surface area contributed by atoms with Crippen LogP contribution in [0.4, 0.5) is 5.69 Å². The fourth-order valence-corrected chi connectivity index (χ4v) is 9.03. The first-order chi connectivity index (χ1) is 31.1. The van der Waals surface area contributed by atoms with E-state index in [-0.39, 0.29) is 11.8 Å². The Labute approximate surface area is 376 Å². The van der Waals surface area contributed by atoms with Gasteiger partial charge in [0.2, 0.25) is 0 Å². The first kappa shape index (κ1) is 42.6. The molecule has 0 bridgehead atoms. The minimum atomic E-state index is -0.346. The van der Waals surface area contributed by atoms with Gasteiger partial charge in [-0.1, -0.05) is 164 Å². The molecule has 0 N–H and O–H groups in total. The molecule has 0 atom stereocenters. The smallest absolute Gasteiger partial charge is 0.268 e. The van der Waals surface area contributed by atoms with Gasteiger partial charge in [0, 0.05) is 21.9 Å². The molecule has 9 aromatic rings. The summed E-state index contributed by atoms with van der Waals surface area (Å²) in [7, 11) is 0. The van der Waals surface area contributed by atoms with Crippen molar-refractivity contribution in [3.63, 3.8) is 0 Å². The highest BCUT2D eigenvalue weighted by Gasteiger charge is 2.41. The van der Waals surface area contributed by atoms with Gasteiger partial charge in [-0.05, 0) is 115 Å². The number of imide groups is 1. The molecule has 0 unspecified atom stereocenters. The molecule has 0 spiro atoms. The molecule has 2 heterocycles. The van der Waals surface area contributed by atoms with Crippen LogP contribution in [0, 0.1) is 20.8 Å². The summed E-state index contributed by atoms with van der Waals surface area (Å²) in [6.07, 6.45) is 1.72. The predicted octanol–water partition coefficient (Wildman–Crippen LogP) is 15.7. The molecule has 0 fully saturated rings. The normalized spacial score (nSPS) is 11.7. The summed E-state index contributed by atoms with van der Waals surface area (Å²) >= 11 is 0. The molecule has 0 saturated carbocycles. The van der Waals surface area contributed by atoms with Crippen LogP contribution in [0.2, 0.25) is 0 Å². The maximum atomic E-state index is 15.4. The predicted molar refractivity (Wildman–Crippen MR) is 271 cm³/mol. The number of aryl methyl sites for hydroxylation is 3. The monoisotopic (exact) mass is 830 g/mol. The molecule has 0 aliphatic carbocycles. The van der Waals surface area contributed by atoms with Crippen molar-refractivity contribution < 1.29 is 9.59 Å². The summed E-state index contributed by atoms with van der Waals surface area (Å²) < 4.78 is 2.16. The number of aromatic nitrogens is 1. The number of benzene rings is 8. The van der Waals surface area contributed by atoms with Crippen molar-refractivity contribution in [3.8, 4) is 50.2 Å². The fraction of sp³-hybridized carbons (Fsp3) is 0.0667. The van der Waals surface area contributed by atoms with Crippen LogP contribution in [-0.4, -0.2) is 16.4 Å². The molecule has 4 nitrogen and oxygen atoms in total. The number of nitrogens with zero attached hydrogens (tertiary/aromatic N) is 2. The Kier molecular flexibility index (Phi) is 12.0. The topological polar surface area (TPSA) is 42.3 Å². The van der Waals surface area contributed by atoms with Gasteiger partial charge in [0.05, 0.1) is 33.5 Å². The van der Waals surface area contributed by atoms with E-state index in [9.17, 15) is 4.79 Å². The minimum absolute atomic E-state index is 0.341. The van der Waals surface area contributed by atoms with Gasteiger partial charge in [-0.25, -0.2) is 4.90 Å². The first-order valence-corrected chi connectivity index (χ1v) is 21.4. The highest BCUT2D eigenvalue weighted by Crippen LogP contribution is 2.47. The van der Waals surface area contributed by atoms with E-state index in [2.05, 4.69) is 124 Å². The van der Waals surface area contributed by atoms with Crippen LogP contribution in [0.5, 0.6) is 0 Å². The van der Waals surface area contributed by atoms with Crippen molar-refractivity contribution in [1.29, 1.82) is 0 Å². The van der Waals surface area contributed by atoms with Crippen molar-refractivity contribution in [2.45, 2.75) is 27.7 Å². The van der Waals surface area contributed by atoms with E-state index >= 15 is 4.79 Å². The Morgan fingerprint density at radius 3 is 1.56 bits per heavy atom. The van der Waals surface area contributed by atoms with Gasteiger partial charge in [0.25, 0.3) is 11.8 Å². The summed E-state index contributed by atoms with van der Waals surface area (Å²) in [4.78, 5) is 31.7. The lowest BCUT2D eigenvalue weighted by Crippen LogP contribution is -2.30. The number of hydrogen-bond donors (Lipinski definition) is 0. The SMILES string of the molecule is C=C.C=CC(=C)C.Cc1cc(C)c(-c2ccc3c(c2)c2ccccc2n3-c2cccc3c2C(=O)N(c2c(-c4ccccc4)cc(-c4ccccc4)cc2-c2ccccc2)C3=O)c(C)c1. The third-order valence-electron chi connectivity index (χ3n) is 11.7. The van der Waals surface area contributed by atoms with Crippen LogP contribution in [0.1, 0.15) is 44.3 Å². The van der Waals surface area contributed by atoms with Gasteiger partial charge in [-0.2, -0.15) is 0 Å². The average molecular weight is 831 g/mol. The molecular formula is C60H50N2O2. The van der Waals surface area contributed by atoms with Crippen molar-refractivity contribution in [3.05, 3.63) is 242 Å². The van der Waals surface area contributed by atoms with Crippen LogP contribution in [0.3, 0.4) is 0 Å². The zero-order valence-corrected chi connectivity index (χ0v) is 36.9. The second-order valence-corrected chi connectivity index (χ2v) is 16.1. The lowest BCUT2D eigenvalue weighted by Gasteiger charge is -2.24. The van der Waals surface area contributed by atoms with Gasteiger partial charge >= 0.3 is 0 Å². The third-order valence-corrected chi connectivity index (χ3v) is 11.7. The van der Waals surface area contributed by atoms with Crippen LogP contribution in [0.25, 0.3) is 72.0 Å². The van der Waals surface area contributed by atoms with Crippen molar-refractivity contribution in [2.75, 3.05) is 4.90 Å². The summed E-state index contributed by atoms with van der Waals surface area (Å²) in [6, 6.07) is 59.6. The Hall–Kier alpha value is -8.08. The van der Waals surface area contributed by atoms with Gasteiger partial charge in [0.15, 0.2) is 0 Å². The molecule has 312 valence electrons. The molecular weight excluding hydrogens is 781 g/mol. The zero-order chi connectivity index (χ0) is 45.1. The van der Waals surface area contributed by atoms with E-state index < -0.39 is 0 Å². The second kappa shape index (κ2) is 18.1. The molecule has 1 aliphatic rings. The molecule has 4 heteroatoms. The molecule has 0 radical (unpaired) electrons. The Morgan fingerprint density at radius 2 is 1.00 bits per heavy atom. The number of allylic oxidation sites excluding steroid dienone is 2. The summed E-state index contributed by atoms with van der Waals surface area (Å²) in [5, 5.41) is 2.17. The van der Waals surface area contributed by atoms with Crippen molar-refractivity contribution in [2.24, 2.45) is 0 Å². The number of carbonyl (C=O) groups is 2. The maximum absolute atomic E-state index is 15.4. The molecule has 1 aromatic heterocycles. The molecule has 1 aliphatic heterocycles. The minimum Gasteiger partial charge on any atom is -0.308 e. The molecule has 0 saturated heterocycles. The third kappa shape index (κ3) is 7.71. The average Bonchev–Trinajstić information content (AvgIpc) is 3.79. The summed E-state index contributed by atoms with van der Waals surface area (Å²) in [6.45, 7) is 21.4. The number of hydrogen-bond acceptors (Lipinski definition) is 2. The van der Waals surface area contributed by atoms with E-state index in [1.807, 2.05) is 104 Å². The Morgan fingerprint density at radius 1 is 0.484 bits per heavy atom. The number of carbonyl (C=O) groups excluding carboxylic acids is 2. The maximum Gasteiger partial charge on any atom is 0.268 e. The van der Waals surface area contributed by atoms with Crippen molar-refractivity contribution >= 4 is 39.3 Å². The quantitative estimate of drug-likeness (QED) is 0.0912. The molecule has 8 aromatic carbocycles. The van der Waals surface area contributed by atoms with E-state index in [0.29, 0.717) is 22.5 Å². The van der Waals surface area contributed by atoms with E-state index in [1.165, 1.54) is 27.2 Å². The first-order valence-electron chi connectivity index (χ1n) is 21.4. The van der Waals surface area contributed by atoms with Gasteiger partial charge < -0.3 is 4.57 Å². The molecule has 2 amide bonds.